The first-order valence-corrected chi connectivity index (χ1v) is 8.90. The second-order valence-electron chi connectivity index (χ2n) is 6.99. The number of aliphatic hydroxyl groups is 3. The zero-order valence-corrected chi connectivity index (χ0v) is 15.9. The molecule has 7 nitrogen and oxygen atoms in total. The third kappa shape index (κ3) is 5.69. The number of aliphatic carboxylic acids is 1. The molecule has 152 valence electrons. The molecule has 0 bridgehead atoms. The Morgan fingerprint density at radius 2 is 1.32 bits per heavy atom. The summed E-state index contributed by atoms with van der Waals surface area (Å²) in [6, 6.07) is 14.8. The minimum Gasteiger partial charge on any atom is -0.491 e. The van der Waals surface area contributed by atoms with Gasteiger partial charge in [-0.2, -0.15) is 0 Å². The number of benzene rings is 2. The molecule has 0 aromatic heterocycles. The van der Waals surface area contributed by atoms with Crippen LogP contribution < -0.4 is 9.47 Å². The Bertz CT molecular complexity index is 753. The molecule has 0 saturated heterocycles. The summed E-state index contributed by atoms with van der Waals surface area (Å²) in [6.07, 6.45) is -2.47. The molecule has 7 heteroatoms. The highest BCUT2D eigenvalue weighted by Crippen LogP contribution is 2.33. The summed E-state index contributed by atoms with van der Waals surface area (Å²) in [6.45, 7) is 3.51. The summed E-state index contributed by atoms with van der Waals surface area (Å²) in [5, 5.41) is 36.1. The SMILES string of the molecule is CC(C)(c1ccc(OCC(O)CO)cc1)c1ccc(OCC(O)C(=O)O)cc1. The van der Waals surface area contributed by atoms with Crippen LogP contribution in [0.1, 0.15) is 25.0 Å². The van der Waals surface area contributed by atoms with Crippen LogP contribution in [0.15, 0.2) is 48.5 Å². The van der Waals surface area contributed by atoms with Crippen molar-refractivity contribution in [2.75, 3.05) is 19.8 Å². The van der Waals surface area contributed by atoms with Crippen molar-refractivity contribution in [3.63, 3.8) is 0 Å². The van der Waals surface area contributed by atoms with E-state index in [-0.39, 0.29) is 25.2 Å². The largest absolute Gasteiger partial charge is 0.491 e. The van der Waals surface area contributed by atoms with E-state index in [1.807, 2.05) is 36.4 Å². The molecule has 2 aromatic rings. The maximum atomic E-state index is 10.6. The number of carbonyl (C=O) groups is 1. The van der Waals surface area contributed by atoms with E-state index in [9.17, 15) is 15.0 Å². The average molecular weight is 390 g/mol. The summed E-state index contributed by atoms with van der Waals surface area (Å²) in [7, 11) is 0. The topological polar surface area (TPSA) is 116 Å². The van der Waals surface area contributed by atoms with Crippen LogP contribution in [-0.4, -0.2) is 58.4 Å². The summed E-state index contributed by atoms with van der Waals surface area (Å²) >= 11 is 0. The average Bonchev–Trinajstić information content (AvgIpc) is 2.70. The van der Waals surface area contributed by atoms with Gasteiger partial charge in [0.1, 0.15) is 30.8 Å². The van der Waals surface area contributed by atoms with E-state index >= 15 is 0 Å². The Kier molecular flexibility index (Phi) is 7.39. The van der Waals surface area contributed by atoms with Crippen LogP contribution in [0, 0.1) is 0 Å². The van der Waals surface area contributed by atoms with Crippen LogP contribution in [0.4, 0.5) is 0 Å². The summed E-state index contributed by atoms with van der Waals surface area (Å²) in [5.74, 6) is -0.241. The standard InChI is InChI=1S/C21H26O7/c1-21(2,14-3-7-17(8-4-14)27-12-16(23)11-22)15-5-9-18(10-6-15)28-13-19(24)20(25)26/h3-10,16,19,22-24H,11-13H2,1-2H3,(H,25,26). The monoisotopic (exact) mass is 390 g/mol. The van der Waals surface area contributed by atoms with Gasteiger partial charge >= 0.3 is 5.97 Å². The van der Waals surface area contributed by atoms with Gasteiger partial charge in [0, 0.05) is 5.41 Å². The Morgan fingerprint density at radius 3 is 1.71 bits per heavy atom. The van der Waals surface area contributed by atoms with Crippen molar-refractivity contribution in [2.45, 2.75) is 31.5 Å². The van der Waals surface area contributed by atoms with E-state index in [0.29, 0.717) is 11.5 Å². The van der Waals surface area contributed by atoms with Crippen molar-refractivity contribution in [2.24, 2.45) is 0 Å². The van der Waals surface area contributed by atoms with Gasteiger partial charge in [-0.3, -0.25) is 0 Å². The number of carboxylic acids is 1. The van der Waals surface area contributed by atoms with Crippen molar-refractivity contribution in [1.29, 1.82) is 0 Å². The van der Waals surface area contributed by atoms with E-state index in [0.717, 1.165) is 11.1 Å². The molecule has 0 aliphatic carbocycles. The predicted molar refractivity (Wildman–Crippen MR) is 103 cm³/mol. The van der Waals surface area contributed by atoms with Gasteiger partial charge in [-0.15, -0.1) is 0 Å². The maximum absolute atomic E-state index is 10.6. The minimum absolute atomic E-state index is 0.0251. The molecule has 28 heavy (non-hydrogen) atoms. The van der Waals surface area contributed by atoms with Gasteiger partial charge in [-0.25, -0.2) is 4.79 Å². The highest BCUT2D eigenvalue weighted by Gasteiger charge is 2.23. The van der Waals surface area contributed by atoms with Gasteiger partial charge in [0.15, 0.2) is 6.10 Å². The zero-order valence-electron chi connectivity index (χ0n) is 15.9. The molecule has 2 rings (SSSR count). The lowest BCUT2D eigenvalue weighted by Gasteiger charge is -2.26. The minimum atomic E-state index is -1.56. The fourth-order valence-corrected chi connectivity index (χ4v) is 2.59. The van der Waals surface area contributed by atoms with Gasteiger partial charge in [0.2, 0.25) is 0 Å². The Labute approximate surface area is 163 Å². The molecule has 0 saturated carbocycles. The van der Waals surface area contributed by atoms with E-state index in [2.05, 4.69) is 13.8 Å². The number of hydrogen-bond acceptors (Lipinski definition) is 6. The summed E-state index contributed by atoms with van der Waals surface area (Å²) < 4.78 is 10.7. The smallest absolute Gasteiger partial charge is 0.336 e. The molecule has 0 aliphatic rings. The zero-order chi connectivity index (χ0) is 20.7. The van der Waals surface area contributed by atoms with E-state index in [1.54, 1.807) is 12.1 Å². The van der Waals surface area contributed by atoms with Crippen LogP contribution in [0.5, 0.6) is 11.5 Å². The van der Waals surface area contributed by atoms with Gasteiger partial charge in [-0.05, 0) is 35.4 Å². The first-order valence-electron chi connectivity index (χ1n) is 8.90. The second-order valence-corrected chi connectivity index (χ2v) is 6.99. The van der Waals surface area contributed by atoms with E-state index in [1.165, 1.54) is 0 Å². The Balaban J connectivity index is 2.04. The van der Waals surface area contributed by atoms with E-state index in [4.69, 9.17) is 19.7 Å². The molecule has 0 spiro atoms. The van der Waals surface area contributed by atoms with Crippen LogP contribution in [0.2, 0.25) is 0 Å². The predicted octanol–water partition coefficient (Wildman–Crippen LogP) is 1.57. The molecular weight excluding hydrogens is 364 g/mol. The fourth-order valence-electron chi connectivity index (χ4n) is 2.59. The molecule has 2 aromatic carbocycles. The third-order valence-electron chi connectivity index (χ3n) is 4.50. The number of hydrogen-bond donors (Lipinski definition) is 4. The van der Waals surface area contributed by atoms with E-state index < -0.39 is 18.2 Å². The summed E-state index contributed by atoms with van der Waals surface area (Å²) in [4.78, 5) is 10.6. The molecule has 0 amide bonds. The lowest BCUT2D eigenvalue weighted by atomic mass is 9.78. The Hall–Kier alpha value is -2.61. The first-order chi connectivity index (χ1) is 13.2. The third-order valence-corrected chi connectivity index (χ3v) is 4.50. The Morgan fingerprint density at radius 1 is 0.893 bits per heavy atom. The number of ether oxygens (including phenoxy) is 2. The quantitative estimate of drug-likeness (QED) is 0.486. The molecular formula is C21H26O7. The molecule has 2 atom stereocenters. The number of carboxylic acid groups (broad SMARTS) is 1. The fraction of sp³-hybridized carbons (Fsp3) is 0.381. The first kappa shape index (κ1) is 21.7. The van der Waals surface area contributed by atoms with Crippen LogP contribution in [-0.2, 0) is 10.2 Å². The lowest BCUT2D eigenvalue weighted by molar-refractivity contribution is -0.148. The van der Waals surface area contributed by atoms with Crippen LogP contribution in [0.25, 0.3) is 0 Å². The van der Waals surface area contributed by atoms with Crippen molar-refractivity contribution in [3.8, 4) is 11.5 Å². The maximum Gasteiger partial charge on any atom is 0.336 e. The van der Waals surface area contributed by atoms with Gasteiger partial charge in [0.25, 0.3) is 0 Å². The summed E-state index contributed by atoms with van der Waals surface area (Å²) in [5.41, 5.74) is 1.78. The van der Waals surface area contributed by atoms with Crippen LogP contribution >= 0.6 is 0 Å². The van der Waals surface area contributed by atoms with Crippen molar-refractivity contribution in [3.05, 3.63) is 59.7 Å². The molecule has 4 N–H and O–H groups in total. The number of rotatable bonds is 10. The highest BCUT2D eigenvalue weighted by atomic mass is 16.5. The van der Waals surface area contributed by atoms with Crippen molar-refractivity contribution >= 4 is 5.97 Å². The highest BCUT2D eigenvalue weighted by molar-refractivity contribution is 5.72. The van der Waals surface area contributed by atoms with Gasteiger partial charge < -0.3 is 29.9 Å². The molecule has 2 unspecified atom stereocenters. The van der Waals surface area contributed by atoms with Gasteiger partial charge in [-0.1, -0.05) is 38.1 Å². The molecule has 0 fully saturated rings. The molecule has 0 aliphatic heterocycles. The van der Waals surface area contributed by atoms with Crippen LogP contribution in [0.3, 0.4) is 0 Å². The van der Waals surface area contributed by atoms with Crippen molar-refractivity contribution < 1.29 is 34.7 Å². The second kappa shape index (κ2) is 9.54. The lowest BCUT2D eigenvalue weighted by Crippen LogP contribution is -2.26. The molecule has 0 heterocycles. The van der Waals surface area contributed by atoms with Gasteiger partial charge in [0.05, 0.1) is 6.61 Å². The van der Waals surface area contributed by atoms with Crippen molar-refractivity contribution in [1.82, 2.24) is 0 Å². The molecule has 0 radical (unpaired) electrons. The number of aliphatic hydroxyl groups excluding tert-OH is 3. The normalized spacial score (nSPS) is 13.6.